The number of aryl methyl sites for hydroxylation is 1. The predicted octanol–water partition coefficient (Wildman–Crippen LogP) is 2.55. The van der Waals surface area contributed by atoms with Gasteiger partial charge >= 0.3 is 88.3 Å². The minimum absolute atomic E-state index is 0.0377. The molecule has 2 rings (SSSR count). The van der Waals surface area contributed by atoms with E-state index in [1.807, 2.05) is 0 Å². The third kappa shape index (κ3) is 2.21. The van der Waals surface area contributed by atoms with Crippen molar-refractivity contribution in [1.29, 1.82) is 0 Å². The average molecular weight is 204 g/mol. The van der Waals surface area contributed by atoms with Crippen LogP contribution in [0, 0.1) is 6.92 Å². The van der Waals surface area contributed by atoms with E-state index in [4.69, 9.17) is 0 Å². The average Bonchev–Trinajstić information content (AvgIpc) is 2.61. The summed E-state index contributed by atoms with van der Waals surface area (Å²) >= 11 is -0.0377. The summed E-state index contributed by atoms with van der Waals surface area (Å²) < 4.78 is 3.23. The number of hydrogen-bond donors (Lipinski definition) is 0. The van der Waals surface area contributed by atoms with E-state index in [0.717, 1.165) is 0 Å². The van der Waals surface area contributed by atoms with E-state index in [2.05, 4.69) is 49.4 Å². The fraction of sp³-hybridized carbons (Fsp3) is 0.167. The molecule has 0 aromatic heterocycles. The van der Waals surface area contributed by atoms with E-state index >= 15 is 0 Å². The molecule has 1 aliphatic rings. The maximum atomic E-state index is 2.28. The number of hydrogen-bond acceptors (Lipinski definition) is 0. The predicted molar refractivity (Wildman–Crippen MR) is 52.7 cm³/mol. The van der Waals surface area contributed by atoms with Crippen LogP contribution < -0.4 is 3.87 Å². The van der Waals surface area contributed by atoms with Crippen molar-refractivity contribution in [1.82, 2.24) is 0 Å². The molecule has 1 aromatic carbocycles. The Labute approximate surface area is 88.3 Å². The molecule has 0 saturated heterocycles. The molecule has 1 heteroatoms. The van der Waals surface area contributed by atoms with Crippen LogP contribution in [0.25, 0.3) is 0 Å². The van der Waals surface area contributed by atoms with Gasteiger partial charge in [-0.05, 0) is 0 Å². The summed E-state index contributed by atoms with van der Waals surface area (Å²) in [7, 11) is 0. The van der Waals surface area contributed by atoms with Crippen molar-refractivity contribution in [2.24, 2.45) is 0 Å². The van der Waals surface area contributed by atoms with Crippen LogP contribution >= 0.6 is 0 Å². The van der Waals surface area contributed by atoms with Crippen molar-refractivity contribution < 1.29 is 19.2 Å². The topological polar surface area (TPSA) is 0 Å². The second-order valence-electron chi connectivity index (χ2n) is 3.26. The second kappa shape index (κ2) is 4.08. The van der Waals surface area contributed by atoms with Crippen LogP contribution in [0.15, 0.2) is 46.4 Å². The van der Waals surface area contributed by atoms with Gasteiger partial charge in [0, 0.05) is 0 Å². The van der Waals surface area contributed by atoms with E-state index in [1.54, 1.807) is 7.75 Å². The van der Waals surface area contributed by atoms with Gasteiger partial charge in [0.25, 0.3) is 0 Å². The third-order valence-electron chi connectivity index (χ3n) is 2.21. The molecule has 0 unspecified atom stereocenters. The minimum atomic E-state index is -0.0377. The molecule has 0 saturated carbocycles. The Kier molecular flexibility index (Phi) is 2.82. The van der Waals surface area contributed by atoms with Gasteiger partial charge in [-0.1, -0.05) is 0 Å². The molecule has 0 heterocycles. The fourth-order valence-electron chi connectivity index (χ4n) is 1.43. The third-order valence-corrected chi connectivity index (χ3v) is 4.59. The molecule has 1 aliphatic carbocycles. The van der Waals surface area contributed by atoms with Crippen LogP contribution in [0.2, 0.25) is 0 Å². The van der Waals surface area contributed by atoms with Crippen molar-refractivity contribution in [2.45, 2.75) is 13.3 Å². The first-order valence-corrected chi connectivity index (χ1v) is 6.11. The van der Waals surface area contributed by atoms with Crippen molar-refractivity contribution in [2.75, 3.05) is 0 Å². The molecular weight excluding hydrogens is 192 g/mol. The number of benzene rings is 1. The molecule has 0 amide bonds. The van der Waals surface area contributed by atoms with Crippen molar-refractivity contribution in [3.63, 3.8) is 0 Å². The second-order valence-corrected chi connectivity index (χ2v) is 5.50. The zero-order valence-corrected chi connectivity index (χ0v) is 9.31. The zero-order chi connectivity index (χ0) is 9.10. The summed E-state index contributed by atoms with van der Waals surface area (Å²) in [6.45, 7) is 2.21. The zero-order valence-electron chi connectivity index (χ0n) is 7.75. The Hall–Kier alpha value is -0.586. The molecule has 64 valence electrons. The van der Waals surface area contributed by atoms with Crippen LogP contribution in [-0.4, -0.2) is 0 Å². The van der Waals surface area contributed by atoms with Crippen molar-refractivity contribution in [3.05, 3.63) is 51.9 Å². The first kappa shape index (κ1) is 8.99. The van der Waals surface area contributed by atoms with E-state index < -0.39 is 0 Å². The molecule has 0 bridgehead atoms. The fourth-order valence-corrected chi connectivity index (χ4v) is 3.31. The normalized spacial score (nSPS) is 14.4. The monoisotopic (exact) mass is 204 g/mol. The van der Waals surface area contributed by atoms with Crippen molar-refractivity contribution in [3.8, 4) is 0 Å². The van der Waals surface area contributed by atoms with Gasteiger partial charge in [-0.2, -0.15) is 0 Å². The van der Waals surface area contributed by atoms with E-state index in [-0.39, 0.29) is 19.2 Å². The SMILES string of the molecule is Cc1cccc[c]1[Ti][C]1=CC=CC1. The van der Waals surface area contributed by atoms with Crippen molar-refractivity contribution >= 4 is 3.87 Å². The summed E-state index contributed by atoms with van der Waals surface area (Å²) in [6, 6.07) is 8.75. The first-order valence-electron chi connectivity index (χ1n) is 4.54. The summed E-state index contributed by atoms with van der Waals surface area (Å²) in [5, 5.41) is 0. The Morgan fingerprint density at radius 2 is 2.08 bits per heavy atom. The summed E-state index contributed by atoms with van der Waals surface area (Å²) in [4.78, 5) is 0. The molecule has 0 spiro atoms. The molecule has 0 fully saturated rings. The van der Waals surface area contributed by atoms with E-state index in [1.165, 1.54) is 12.0 Å². The summed E-state index contributed by atoms with van der Waals surface area (Å²) in [6.07, 6.45) is 7.90. The molecule has 0 nitrogen and oxygen atoms in total. The van der Waals surface area contributed by atoms with Gasteiger partial charge in [0.1, 0.15) is 0 Å². The van der Waals surface area contributed by atoms with E-state index in [9.17, 15) is 0 Å². The molecule has 0 N–H and O–H groups in total. The van der Waals surface area contributed by atoms with E-state index in [0.29, 0.717) is 0 Å². The van der Waals surface area contributed by atoms with Gasteiger partial charge in [-0.3, -0.25) is 0 Å². The number of allylic oxidation sites excluding steroid dienone is 4. The Morgan fingerprint density at radius 1 is 1.23 bits per heavy atom. The molecule has 0 aliphatic heterocycles. The number of rotatable bonds is 2. The van der Waals surface area contributed by atoms with Gasteiger partial charge in [-0.15, -0.1) is 0 Å². The van der Waals surface area contributed by atoms with Crippen LogP contribution in [0.3, 0.4) is 0 Å². The summed E-state index contributed by atoms with van der Waals surface area (Å²) in [5.41, 5.74) is 1.45. The molecule has 1 aromatic rings. The van der Waals surface area contributed by atoms with Gasteiger partial charge in [0.05, 0.1) is 0 Å². The Balaban J connectivity index is 2.14. The quantitative estimate of drug-likeness (QED) is 0.649. The molecule has 13 heavy (non-hydrogen) atoms. The molecular formula is C12H12Ti. The Morgan fingerprint density at radius 3 is 2.77 bits per heavy atom. The van der Waals surface area contributed by atoms with Gasteiger partial charge in [-0.25, -0.2) is 0 Å². The molecule has 0 atom stereocenters. The van der Waals surface area contributed by atoms with Crippen LogP contribution in [0.5, 0.6) is 0 Å². The standard InChI is InChI=1S/C7H7.C5H5.Ti/c1-7-5-3-2-4-6-7;1-2-4-5-3-1;/h2-5H,1H3;1-3H,4H2;. The van der Waals surface area contributed by atoms with Gasteiger partial charge in [0.15, 0.2) is 0 Å². The maximum absolute atomic E-state index is 2.28. The van der Waals surface area contributed by atoms with Crippen LogP contribution in [0.4, 0.5) is 0 Å². The van der Waals surface area contributed by atoms with Crippen LogP contribution in [0.1, 0.15) is 12.0 Å². The van der Waals surface area contributed by atoms with Crippen LogP contribution in [-0.2, 0) is 19.2 Å². The molecule has 0 radical (unpaired) electrons. The first-order chi connectivity index (χ1) is 6.36. The van der Waals surface area contributed by atoms with Gasteiger partial charge in [0.2, 0.25) is 0 Å². The summed E-state index contributed by atoms with van der Waals surface area (Å²) in [5.74, 6) is 0. The Bertz CT molecular complexity index is 361. The van der Waals surface area contributed by atoms with Gasteiger partial charge < -0.3 is 0 Å².